The molecule has 2 aromatic rings. The molecule has 5 nitrogen and oxygen atoms in total. The summed E-state index contributed by atoms with van der Waals surface area (Å²) in [6, 6.07) is 3.61. The maximum atomic E-state index is 10.6. The largest absolute Gasteiger partial charge is 0.477 e. The number of aromatic carboxylic acids is 1. The van der Waals surface area contributed by atoms with Crippen LogP contribution in [-0.4, -0.2) is 21.0 Å². The fraction of sp³-hybridized carbons (Fsp3) is 0.200. The van der Waals surface area contributed by atoms with E-state index in [-0.39, 0.29) is 5.69 Å². The molecular weight excluding hydrogens is 196 g/mol. The monoisotopic (exact) mass is 206 g/mol. The fourth-order valence-electron chi connectivity index (χ4n) is 1.25. The molecule has 2 rings (SSSR count). The van der Waals surface area contributed by atoms with E-state index in [4.69, 9.17) is 9.52 Å². The summed E-state index contributed by atoms with van der Waals surface area (Å²) in [6.45, 7) is 1.98. The van der Waals surface area contributed by atoms with Gasteiger partial charge >= 0.3 is 5.97 Å². The second kappa shape index (κ2) is 3.61. The number of hydrogen-bond acceptors (Lipinski definition) is 3. The summed E-state index contributed by atoms with van der Waals surface area (Å²) in [5.74, 6) is 0.806. The molecule has 78 valence electrons. The van der Waals surface area contributed by atoms with Gasteiger partial charge in [-0.05, 0) is 12.1 Å². The molecule has 2 aromatic heterocycles. The van der Waals surface area contributed by atoms with E-state index in [0.717, 1.165) is 12.2 Å². The van der Waals surface area contributed by atoms with Crippen molar-refractivity contribution in [2.45, 2.75) is 13.3 Å². The van der Waals surface area contributed by atoms with Crippen molar-refractivity contribution >= 4 is 5.97 Å². The number of imidazole rings is 1. The van der Waals surface area contributed by atoms with Crippen LogP contribution in [0.15, 0.2) is 22.7 Å². The maximum absolute atomic E-state index is 10.6. The number of aromatic amines is 1. The first kappa shape index (κ1) is 9.51. The molecule has 0 fully saturated rings. The second-order valence-electron chi connectivity index (χ2n) is 3.07. The average molecular weight is 206 g/mol. The van der Waals surface area contributed by atoms with E-state index in [1.165, 1.54) is 6.20 Å². The summed E-state index contributed by atoms with van der Waals surface area (Å²) in [7, 11) is 0. The van der Waals surface area contributed by atoms with Crippen molar-refractivity contribution in [3.05, 3.63) is 29.8 Å². The number of H-pyrrole nitrogens is 1. The molecule has 0 spiro atoms. The second-order valence-corrected chi connectivity index (χ2v) is 3.07. The molecule has 0 bridgehead atoms. The topological polar surface area (TPSA) is 79.1 Å². The Morgan fingerprint density at radius 1 is 1.60 bits per heavy atom. The molecule has 2 N–H and O–H groups in total. The third-order valence-corrected chi connectivity index (χ3v) is 2.05. The summed E-state index contributed by atoms with van der Waals surface area (Å²) >= 11 is 0. The van der Waals surface area contributed by atoms with Crippen molar-refractivity contribution in [3.8, 4) is 11.6 Å². The van der Waals surface area contributed by atoms with Crippen LogP contribution in [0, 0.1) is 0 Å². The quantitative estimate of drug-likeness (QED) is 0.804. The van der Waals surface area contributed by atoms with Crippen LogP contribution >= 0.6 is 0 Å². The minimum Gasteiger partial charge on any atom is -0.477 e. The highest BCUT2D eigenvalue weighted by Crippen LogP contribution is 2.19. The number of carboxylic acids is 1. The molecule has 15 heavy (non-hydrogen) atoms. The molecule has 0 amide bonds. The van der Waals surface area contributed by atoms with Crippen LogP contribution in [0.1, 0.15) is 23.2 Å². The third-order valence-electron chi connectivity index (χ3n) is 2.05. The van der Waals surface area contributed by atoms with E-state index in [2.05, 4.69) is 9.97 Å². The Hall–Kier alpha value is -2.04. The number of nitrogens with zero attached hydrogens (tertiary/aromatic N) is 1. The normalized spacial score (nSPS) is 10.5. The summed E-state index contributed by atoms with van der Waals surface area (Å²) in [5, 5.41) is 8.69. The lowest BCUT2D eigenvalue weighted by molar-refractivity contribution is 0.0691. The highest BCUT2D eigenvalue weighted by atomic mass is 16.4. The van der Waals surface area contributed by atoms with Gasteiger partial charge in [-0.2, -0.15) is 0 Å². The lowest BCUT2D eigenvalue weighted by Gasteiger charge is -1.90. The Labute approximate surface area is 85.8 Å². The number of hydrogen-bond donors (Lipinski definition) is 2. The van der Waals surface area contributed by atoms with E-state index in [1.807, 2.05) is 13.0 Å². The molecule has 0 aliphatic heterocycles. The van der Waals surface area contributed by atoms with Crippen molar-refractivity contribution in [3.63, 3.8) is 0 Å². The zero-order valence-corrected chi connectivity index (χ0v) is 8.15. The van der Waals surface area contributed by atoms with Crippen molar-refractivity contribution in [2.24, 2.45) is 0 Å². The van der Waals surface area contributed by atoms with Crippen LogP contribution in [0.4, 0.5) is 0 Å². The highest BCUT2D eigenvalue weighted by molar-refractivity contribution is 5.85. The summed E-state index contributed by atoms with van der Waals surface area (Å²) < 4.78 is 5.43. The Morgan fingerprint density at radius 2 is 2.40 bits per heavy atom. The van der Waals surface area contributed by atoms with E-state index in [9.17, 15) is 4.79 Å². The molecule has 0 unspecified atom stereocenters. The van der Waals surface area contributed by atoms with Gasteiger partial charge in [-0.3, -0.25) is 0 Å². The van der Waals surface area contributed by atoms with Crippen LogP contribution in [-0.2, 0) is 6.42 Å². The number of carboxylic acid groups (broad SMARTS) is 1. The number of aromatic nitrogens is 2. The predicted molar refractivity (Wildman–Crippen MR) is 52.6 cm³/mol. The molecule has 0 radical (unpaired) electrons. The van der Waals surface area contributed by atoms with Gasteiger partial charge in [-0.1, -0.05) is 6.92 Å². The van der Waals surface area contributed by atoms with Crippen LogP contribution in [0.2, 0.25) is 0 Å². The summed E-state index contributed by atoms with van der Waals surface area (Å²) in [4.78, 5) is 17.2. The Bertz CT molecular complexity index is 484. The molecule has 0 saturated carbocycles. The van der Waals surface area contributed by atoms with E-state index >= 15 is 0 Å². The number of carbonyl (C=O) groups is 1. The smallest absolute Gasteiger partial charge is 0.353 e. The summed E-state index contributed by atoms with van der Waals surface area (Å²) in [6.07, 6.45) is 2.07. The molecule has 0 aliphatic rings. The predicted octanol–water partition coefficient (Wildman–Crippen LogP) is 1.93. The molecule has 0 saturated heterocycles. The van der Waals surface area contributed by atoms with E-state index < -0.39 is 5.97 Å². The van der Waals surface area contributed by atoms with Crippen LogP contribution in [0.3, 0.4) is 0 Å². The molecular formula is C10H10N2O3. The minimum atomic E-state index is -1.03. The van der Waals surface area contributed by atoms with Crippen LogP contribution in [0.25, 0.3) is 11.6 Å². The van der Waals surface area contributed by atoms with Gasteiger partial charge < -0.3 is 14.5 Å². The van der Waals surface area contributed by atoms with Crippen LogP contribution < -0.4 is 0 Å². The summed E-state index contributed by atoms with van der Waals surface area (Å²) in [5.41, 5.74) is 0.0550. The van der Waals surface area contributed by atoms with Crippen molar-refractivity contribution < 1.29 is 14.3 Å². The SMILES string of the molecule is CCc1ccc(-c2ncc(C(=O)O)[nH]2)o1. The zero-order valence-electron chi connectivity index (χ0n) is 8.15. The van der Waals surface area contributed by atoms with Crippen molar-refractivity contribution in [1.29, 1.82) is 0 Å². The van der Waals surface area contributed by atoms with Gasteiger partial charge in [0.2, 0.25) is 0 Å². The zero-order chi connectivity index (χ0) is 10.8. The number of furan rings is 1. The minimum absolute atomic E-state index is 0.0550. The van der Waals surface area contributed by atoms with Gasteiger partial charge in [0.1, 0.15) is 11.5 Å². The van der Waals surface area contributed by atoms with Crippen molar-refractivity contribution in [2.75, 3.05) is 0 Å². The third kappa shape index (κ3) is 1.76. The first-order chi connectivity index (χ1) is 7.20. The number of aryl methyl sites for hydroxylation is 1. The molecule has 2 heterocycles. The van der Waals surface area contributed by atoms with Gasteiger partial charge in [-0.15, -0.1) is 0 Å². The first-order valence-electron chi connectivity index (χ1n) is 4.58. The first-order valence-corrected chi connectivity index (χ1v) is 4.58. The molecule has 0 atom stereocenters. The average Bonchev–Trinajstić information content (AvgIpc) is 2.86. The van der Waals surface area contributed by atoms with Gasteiger partial charge in [0, 0.05) is 6.42 Å². The Balaban J connectivity index is 2.32. The lowest BCUT2D eigenvalue weighted by atomic mass is 10.3. The standard InChI is InChI=1S/C10H10N2O3/c1-2-6-3-4-8(15-6)9-11-5-7(12-9)10(13)14/h3-5H,2H2,1H3,(H,11,12)(H,13,14). The van der Waals surface area contributed by atoms with Gasteiger partial charge in [-0.25, -0.2) is 9.78 Å². The molecule has 5 heteroatoms. The number of rotatable bonds is 3. The van der Waals surface area contributed by atoms with Gasteiger partial charge in [0.05, 0.1) is 6.20 Å². The lowest BCUT2D eigenvalue weighted by Crippen LogP contribution is -1.95. The van der Waals surface area contributed by atoms with Gasteiger partial charge in [0.25, 0.3) is 0 Å². The van der Waals surface area contributed by atoms with E-state index in [0.29, 0.717) is 11.6 Å². The fourth-order valence-corrected chi connectivity index (χ4v) is 1.25. The van der Waals surface area contributed by atoms with E-state index in [1.54, 1.807) is 6.07 Å². The Morgan fingerprint density at radius 3 is 2.93 bits per heavy atom. The Kier molecular flexibility index (Phi) is 2.29. The maximum Gasteiger partial charge on any atom is 0.353 e. The molecule has 0 aromatic carbocycles. The van der Waals surface area contributed by atoms with Gasteiger partial charge in [0.15, 0.2) is 11.6 Å². The number of nitrogens with one attached hydrogen (secondary N) is 1. The molecule has 0 aliphatic carbocycles. The van der Waals surface area contributed by atoms with Crippen LogP contribution in [0.5, 0.6) is 0 Å². The van der Waals surface area contributed by atoms with Crippen molar-refractivity contribution in [1.82, 2.24) is 9.97 Å². The highest BCUT2D eigenvalue weighted by Gasteiger charge is 2.11.